The Morgan fingerprint density at radius 2 is 1.71 bits per heavy atom. The summed E-state index contributed by atoms with van der Waals surface area (Å²) in [6, 6.07) is 3.98. The molecule has 1 aliphatic heterocycles. The quantitative estimate of drug-likeness (QED) is 0.868. The lowest BCUT2D eigenvalue weighted by Gasteiger charge is -2.28. The lowest BCUT2D eigenvalue weighted by molar-refractivity contribution is -0.151. The predicted octanol–water partition coefficient (Wildman–Crippen LogP) is 3.23. The van der Waals surface area contributed by atoms with Crippen LogP contribution < -0.4 is 0 Å². The highest BCUT2D eigenvalue weighted by molar-refractivity contribution is 6.20. The first-order valence-electron chi connectivity index (χ1n) is 6.96. The fourth-order valence-electron chi connectivity index (χ4n) is 2.84. The van der Waals surface area contributed by atoms with Crippen LogP contribution in [0.3, 0.4) is 0 Å². The van der Waals surface area contributed by atoms with Gasteiger partial charge in [0, 0.05) is 7.11 Å². The van der Waals surface area contributed by atoms with E-state index in [1.807, 2.05) is 32.9 Å². The Bertz CT molecular complexity index is 603. The second kappa shape index (κ2) is 5.19. The number of benzene rings is 1. The van der Waals surface area contributed by atoms with Gasteiger partial charge in [-0.3, -0.25) is 0 Å². The summed E-state index contributed by atoms with van der Waals surface area (Å²) >= 11 is 0. The van der Waals surface area contributed by atoms with Crippen LogP contribution in [0.15, 0.2) is 17.9 Å². The van der Waals surface area contributed by atoms with Gasteiger partial charge in [-0.2, -0.15) is 0 Å². The average molecular weight is 290 g/mol. The second-order valence-corrected chi connectivity index (χ2v) is 6.13. The molecule has 1 unspecified atom stereocenters. The third-order valence-corrected chi connectivity index (χ3v) is 4.02. The monoisotopic (exact) mass is 290 g/mol. The smallest absolute Gasteiger partial charge is 0.343 e. The van der Waals surface area contributed by atoms with Crippen molar-refractivity contribution in [1.82, 2.24) is 0 Å². The highest BCUT2D eigenvalue weighted by Crippen LogP contribution is 2.37. The Kier molecular flexibility index (Phi) is 3.85. The summed E-state index contributed by atoms with van der Waals surface area (Å²) in [6.07, 6.45) is -0.787. The zero-order chi connectivity index (χ0) is 15.9. The third-order valence-electron chi connectivity index (χ3n) is 4.02. The summed E-state index contributed by atoms with van der Waals surface area (Å²) in [5.74, 6) is -0.556. The molecule has 21 heavy (non-hydrogen) atoms. The van der Waals surface area contributed by atoms with Gasteiger partial charge in [0.15, 0.2) is 11.9 Å². The van der Waals surface area contributed by atoms with Crippen LogP contribution in [-0.4, -0.2) is 29.9 Å². The predicted molar refractivity (Wildman–Crippen MR) is 81.2 cm³/mol. The van der Waals surface area contributed by atoms with E-state index in [4.69, 9.17) is 9.47 Å². The van der Waals surface area contributed by atoms with Crippen molar-refractivity contribution in [2.75, 3.05) is 7.11 Å². The van der Waals surface area contributed by atoms with Crippen LogP contribution in [0, 0.1) is 20.8 Å². The molecule has 4 nitrogen and oxygen atoms in total. The van der Waals surface area contributed by atoms with Gasteiger partial charge in [0.2, 0.25) is 0 Å². The molecule has 0 saturated heterocycles. The van der Waals surface area contributed by atoms with Crippen LogP contribution >= 0.6 is 0 Å². The molecule has 0 spiro atoms. The molecular weight excluding hydrogens is 268 g/mol. The van der Waals surface area contributed by atoms with Gasteiger partial charge in [0.1, 0.15) is 11.2 Å². The standard InChI is InChI=1S/C17H22O4/c1-9-7-10(2)12(11(3)8-9)13-14(18)15(21-16(13)19)17(4,5)20-6/h7-8,15,18H,1-6H3. The number of aliphatic hydroxyl groups is 1. The number of hydrogen-bond donors (Lipinski definition) is 1. The Balaban J connectivity index is 2.61. The van der Waals surface area contributed by atoms with E-state index in [0.717, 1.165) is 22.3 Å². The van der Waals surface area contributed by atoms with Gasteiger partial charge in [0.05, 0.1) is 0 Å². The Labute approximate surface area is 125 Å². The van der Waals surface area contributed by atoms with Gasteiger partial charge >= 0.3 is 5.97 Å². The van der Waals surface area contributed by atoms with Crippen LogP contribution in [0.25, 0.3) is 5.57 Å². The molecule has 0 aliphatic carbocycles. The fraction of sp³-hybridized carbons (Fsp3) is 0.471. The molecule has 1 aromatic rings. The molecule has 0 radical (unpaired) electrons. The fourth-order valence-corrected chi connectivity index (χ4v) is 2.84. The van der Waals surface area contributed by atoms with E-state index in [1.165, 1.54) is 7.11 Å². The first kappa shape index (κ1) is 15.6. The summed E-state index contributed by atoms with van der Waals surface area (Å²) in [7, 11) is 1.53. The molecule has 114 valence electrons. The first-order chi connectivity index (χ1) is 9.69. The molecule has 1 N–H and O–H groups in total. The van der Waals surface area contributed by atoms with Crippen molar-refractivity contribution < 1.29 is 19.4 Å². The molecule has 2 rings (SSSR count). The molecular formula is C17H22O4. The molecule has 0 amide bonds. The number of carbonyl (C=O) groups is 1. The van der Waals surface area contributed by atoms with Crippen molar-refractivity contribution >= 4 is 11.5 Å². The number of hydrogen-bond acceptors (Lipinski definition) is 4. The molecule has 1 aliphatic rings. The van der Waals surface area contributed by atoms with Gasteiger partial charge in [-0.1, -0.05) is 17.7 Å². The van der Waals surface area contributed by atoms with E-state index in [2.05, 4.69) is 0 Å². The van der Waals surface area contributed by atoms with Gasteiger partial charge in [-0.25, -0.2) is 4.79 Å². The number of carbonyl (C=O) groups excluding carboxylic acids is 1. The molecule has 4 heteroatoms. The maximum Gasteiger partial charge on any atom is 0.343 e. The topological polar surface area (TPSA) is 55.8 Å². The average Bonchev–Trinajstić information content (AvgIpc) is 2.66. The summed E-state index contributed by atoms with van der Waals surface area (Å²) in [6.45, 7) is 9.41. The van der Waals surface area contributed by atoms with E-state index in [9.17, 15) is 9.90 Å². The van der Waals surface area contributed by atoms with Crippen LogP contribution in [0.2, 0.25) is 0 Å². The zero-order valence-electron chi connectivity index (χ0n) is 13.4. The number of methoxy groups -OCH3 is 1. The molecule has 0 saturated carbocycles. The van der Waals surface area contributed by atoms with E-state index < -0.39 is 17.7 Å². The Morgan fingerprint density at radius 1 is 1.19 bits per heavy atom. The Hall–Kier alpha value is -1.81. The SMILES string of the molecule is COC(C)(C)C1OC(=O)C(c2c(C)cc(C)cc2C)=C1O. The van der Waals surface area contributed by atoms with Gasteiger partial charge in [-0.15, -0.1) is 0 Å². The minimum Gasteiger partial charge on any atom is -0.507 e. The summed E-state index contributed by atoms with van der Waals surface area (Å²) in [5, 5.41) is 10.5. The highest BCUT2D eigenvalue weighted by Gasteiger charge is 2.45. The molecule has 1 heterocycles. The van der Waals surface area contributed by atoms with Crippen molar-refractivity contribution in [3.63, 3.8) is 0 Å². The van der Waals surface area contributed by atoms with Crippen LogP contribution in [0.1, 0.15) is 36.1 Å². The van der Waals surface area contributed by atoms with Crippen molar-refractivity contribution in [3.8, 4) is 0 Å². The number of cyclic esters (lactones) is 1. The molecule has 1 aromatic carbocycles. The third kappa shape index (κ3) is 2.56. The van der Waals surface area contributed by atoms with Crippen molar-refractivity contribution in [3.05, 3.63) is 40.1 Å². The molecule has 0 bridgehead atoms. The highest BCUT2D eigenvalue weighted by atomic mass is 16.6. The maximum absolute atomic E-state index is 12.3. The molecule has 0 aromatic heterocycles. The van der Waals surface area contributed by atoms with Crippen molar-refractivity contribution in [2.24, 2.45) is 0 Å². The summed E-state index contributed by atoms with van der Waals surface area (Å²) in [4.78, 5) is 12.3. The van der Waals surface area contributed by atoms with E-state index >= 15 is 0 Å². The minimum atomic E-state index is -0.787. The lowest BCUT2D eigenvalue weighted by Crippen LogP contribution is -2.39. The number of aryl methyl sites for hydroxylation is 3. The molecule has 1 atom stereocenters. The summed E-state index contributed by atoms with van der Waals surface area (Å²) in [5.41, 5.74) is 3.23. The maximum atomic E-state index is 12.3. The van der Waals surface area contributed by atoms with Crippen LogP contribution in [0.4, 0.5) is 0 Å². The number of esters is 1. The Morgan fingerprint density at radius 3 is 2.19 bits per heavy atom. The summed E-state index contributed by atoms with van der Waals surface area (Å²) < 4.78 is 10.7. The number of ether oxygens (including phenoxy) is 2. The van der Waals surface area contributed by atoms with Crippen molar-refractivity contribution in [2.45, 2.75) is 46.3 Å². The second-order valence-electron chi connectivity index (χ2n) is 6.13. The van der Waals surface area contributed by atoms with Gasteiger partial charge in [-0.05, 0) is 51.3 Å². The van der Waals surface area contributed by atoms with Crippen LogP contribution in [-0.2, 0) is 14.3 Å². The van der Waals surface area contributed by atoms with Crippen molar-refractivity contribution in [1.29, 1.82) is 0 Å². The van der Waals surface area contributed by atoms with E-state index in [0.29, 0.717) is 0 Å². The van der Waals surface area contributed by atoms with Gasteiger partial charge in [0.25, 0.3) is 0 Å². The number of aliphatic hydroxyl groups excluding tert-OH is 1. The largest absolute Gasteiger partial charge is 0.507 e. The number of rotatable bonds is 3. The van der Waals surface area contributed by atoms with E-state index in [1.54, 1.807) is 13.8 Å². The lowest BCUT2D eigenvalue weighted by atomic mass is 9.91. The first-order valence-corrected chi connectivity index (χ1v) is 6.96. The van der Waals surface area contributed by atoms with Crippen LogP contribution in [0.5, 0.6) is 0 Å². The normalized spacial score (nSPS) is 19.1. The van der Waals surface area contributed by atoms with Gasteiger partial charge < -0.3 is 14.6 Å². The van der Waals surface area contributed by atoms with E-state index in [-0.39, 0.29) is 11.3 Å². The minimum absolute atomic E-state index is 0.0538. The zero-order valence-corrected chi connectivity index (χ0v) is 13.4. The molecule has 0 fully saturated rings.